The Labute approximate surface area is 155 Å². The van der Waals surface area contributed by atoms with Crippen molar-refractivity contribution in [3.63, 3.8) is 0 Å². The molecule has 6 heteroatoms. The van der Waals surface area contributed by atoms with Gasteiger partial charge in [-0.2, -0.15) is 0 Å². The van der Waals surface area contributed by atoms with E-state index in [9.17, 15) is 4.79 Å². The van der Waals surface area contributed by atoms with E-state index < -0.39 is 5.79 Å². The molecule has 0 saturated carbocycles. The number of amides is 2. The van der Waals surface area contributed by atoms with Crippen LogP contribution in [0.25, 0.3) is 0 Å². The molecule has 0 unspecified atom stereocenters. The van der Waals surface area contributed by atoms with E-state index in [1.54, 1.807) is 0 Å². The SMILES string of the molecule is O=C(NC1CCN(CCc2ccccc2)CC1)N1CCC2(C1)OCCO2. The first-order valence-corrected chi connectivity index (χ1v) is 9.82. The van der Waals surface area contributed by atoms with E-state index in [1.807, 2.05) is 4.90 Å². The van der Waals surface area contributed by atoms with Gasteiger partial charge in [0.25, 0.3) is 0 Å². The van der Waals surface area contributed by atoms with Gasteiger partial charge in [-0.25, -0.2) is 4.79 Å². The molecule has 0 atom stereocenters. The average Bonchev–Trinajstić information content (AvgIpc) is 3.32. The third-order valence-electron chi connectivity index (χ3n) is 5.77. The molecule has 4 rings (SSSR count). The van der Waals surface area contributed by atoms with Crippen molar-refractivity contribution in [1.29, 1.82) is 0 Å². The highest BCUT2D eigenvalue weighted by molar-refractivity contribution is 5.75. The zero-order chi connectivity index (χ0) is 17.8. The summed E-state index contributed by atoms with van der Waals surface area (Å²) in [4.78, 5) is 16.9. The van der Waals surface area contributed by atoms with Gasteiger partial charge < -0.3 is 24.6 Å². The topological polar surface area (TPSA) is 54.0 Å². The largest absolute Gasteiger partial charge is 0.346 e. The third kappa shape index (κ3) is 4.19. The number of hydrogen-bond acceptors (Lipinski definition) is 4. The number of nitrogens with one attached hydrogen (secondary N) is 1. The zero-order valence-electron chi connectivity index (χ0n) is 15.4. The van der Waals surface area contributed by atoms with Crippen molar-refractivity contribution in [2.45, 2.75) is 37.5 Å². The van der Waals surface area contributed by atoms with E-state index in [4.69, 9.17) is 9.47 Å². The van der Waals surface area contributed by atoms with Crippen molar-refractivity contribution in [3.05, 3.63) is 35.9 Å². The van der Waals surface area contributed by atoms with E-state index in [1.165, 1.54) is 5.56 Å². The van der Waals surface area contributed by atoms with Crippen molar-refractivity contribution in [3.8, 4) is 0 Å². The predicted octanol–water partition coefficient (Wildman–Crippen LogP) is 1.85. The van der Waals surface area contributed by atoms with Crippen LogP contribution in [0.1, 0.15) is 24.8 Å². The number of rotatable bonds is 4. The molecule has 1 aromatic rings. The van der Waals surface area contributed by atoms with Crippen LogP contribution >= 0.6 is 0 Å². The standard InChI is InChI=1S/C20H29N3O3/c24-19(23-13-9-20(16-23)25-14-15-26-20)21-18-7-11-22(12-8-18)10-6-17-4-2-1-3-5-17/h1-5,18H,6-16H2,(H,21,24). The lowest BCUT2D eigenvalue weighted by atomic mass is 10.0. The fraction of sp³-hybridized carbons (Fsp3) is 0.650. The summed E-state index contributed by atoms with van der Waals surface area (Å²) in [6, 6.07) is 10.9. The van der Waals surface area contributed by atoms with Crippen LogP contribution < -0.4 is 5.32 Å². The van der Waals surface area contributed by atoms with Gasteiger partial charge in [0.1, 0.15) is 0 Å². The molecule has 0 radical (unpaired) electrons. The van der Waals surface area contributed by atoms with Crippen LogP contribution in [0.15, 0.2) is 30.3 Å². The van der Waals surface area contributed by atoms with Crippen molar-refractivity contribution >= 4 is 6.03 Å². The molecule has 3 aliphatic rings. The van der Waals surface area contributed by atoms with E-state index in [-0.39, 0.29) is 12.1 Å². The minimum atomic E-state index is -0.530. The summed E-state index contributed by atoms with van der Waals surface area (Å²) < 4.78 is 11.4. The van der Waals surface area contributed by atoms with Crippen LogP contribution in [0.3, 0.4) is 0 Å². The summed E-state index contributed by atoms with van der Waals surface area (Å²) in [6.45, 7) is 5.72. The molecular formula is C20H29N3O3. The van der Waals surface area contributed by atoms with Crippen LogP contribution in [-0.4, -0.2) is 73.6 Å². The molecule has 0 aliphatic carbocycles. The van der Waals surface area contributed by atoms with E-state index >= 15 is 0 Å². The lowest BCUT2D eigenvalue weighted by Crippen LogP contribution is -2.49. The molecule has 6 nitrogen and oxygen atoms in total. The Hall–Kier alpha value is -1.63. The Balaban J connectivity index is 1.17. The van der Waals surface area contributed by atoms with Crippen LogP contribution in [0.4, 0.5) is 4.79 Å². The third-order valence-corrected chi connectivity index (χ3v) is 5.77. The molecule has 3 fully saturated rings. The van der Waals surface area contributed by atoms with Gasteiger partial charge in [-0.05, 0) is 24.8 Å². The first-order chi connectivity index (χ1) is 12.7. The lowest BCUT2D eigenvalue weighted by molar-refractivity contribution is -0.143. The highest BCUT2D eigenvalue weighted by Crippen LogP contribution is 2.30. The number of likely N-dealkylation sites (tertiary alicyclic amines) is 2. The Bertz CT molecular complexity index is 596. The van der Waals surface area contributed by atoms with Gasteiger partial charge >= 0.3 is 6.03 Å². The van der Waals surface area contributed by atoms with Crippen molar-refractivity contribution < 1.29 is 14.3 Å². The number of carbonyl (C=O) groups is 1. The number of hydrogen-bond donors (Lipinski definition) is 1. The van der Waals surface area contributed by atoms with E-state index in [0.717, 1.165) is 45.3 Å². The maximum absolute atomic E-state index is 12.5. The number of piperidine rings is 1. The summed E-state index contributed by atoms with van der Waals surface area (Å²) >= 11 is 0. The fourth-order valence-electron chi connectivity index (χ4n) is 4.16. The smallest absolute Gasteiger partial charge is 0.317 e. The molecule has 1 aromatic carbocycles. The highest BCUT2D eigenvalue weighted by atomic mass is 16.7. The van der Waals surface area contributed by atoms with Gasteiger partial charge in [-0.15, -0.1) is 0 Å². The molecule has 1 spiro atoms. The summed E-state index contributed by atoms with van der Waals surface area (Å²) in [7, 11) is 0. The molecule has 3 aliphatic heterocycles. The van der Waals surface area contributed by atoms with Crippen molar-refractivity contribution in [2.75, 3.05) is 45.9 Å². The van der Waals surface area contributed by atoms with E-state index in [0.29, 0.717) is 26.3 Å². The molecular weight excluding hydrogens is 330 g/mol. The molecule has 1 N–H and O–H groups in total. The van der Waals surface area contributed by atoms with E-state index in [2.05, 4.69) is 40.5 Å². The van der Waals surface area contributed by atoms with Crippen LogP contribution in [0.2, 0.25) is 0 Å². The quantitative estimate of drug-likeness (QED) is 0.892. The molecule has 0 bridgehead atoms. The van der Waals surface area contributed by atoms with Gasteiger partial charge in [-0.3, -0.25) is 0 Å². The minimum Gasteiger partial charge on any atom is -0.346 e. The first kappa shape index (κ1) is 17.8. The Morgan fingerprint density at radius 3 is 2.58 bits per heavy atom. The van der Waals surface area contributed by atoms with Crippen molar-refractivity contribution in [2.24, 2.45) is 0 Å². The van der Waals surface area contributed by atoms with Crippen molar-refractivity contribution in [1.82, 2.24) is 15.1 Å². The Morgan fingerprint density at radius 1 is 1.12 bits per heavy atom. The molecule has 142 valence electrons. The van der Waals surface area contributed by atoms with Crippen LogP contribution in [-0.2, 0) is 15.9 Å². The van der Waals surface area contributed by atoms with Crippen LogP contribution in [0, 0.1) is 0 Å². The normalized spacial score (nSPS) is 23.6. The average molecular weight is 359 g/mol. The number of urea groups is 1. The number of nitrogens with zero attached hydrogens (tertiary/aromatic N) is 2. The van der Waals surface area contributed by atoms with Gasteiger partial charge in [0.2, 0.25) is 0 Å². The monoisotopic (exact) mass is 359 g/mol. The number of ether oxygens (including phenoxy) is 2. The summed E-state index contributed by atoms with van der Waals surface area (Å²) in [5.74, 6) is -0.530. The molecule has 3 heterocycles. The second-order valence-electron chi connectivity index (χ2n) is 7.58. The van der Waals surface area contributed by atoms with Gasteiger partial charge in [0, 0.05) is 38.6 Å². The van der Waals surface area contributed by atoms with Crippen LogP contribution in [0.5, 0.6) is 0 Å². The predicted molar refractivity (Wildman–Crippen MR) is 99.0 cm³/mol. The highest BCUT2D eigenvalue weighted by Gasteiger charge is 2.45. The maximum Gasteiger partial charge on any atom is 0.317 e. The fourth-order valence-corrected chi connectivity index (χ4v) is 4.16. The summed E-state index contributed by atoms with van der Waals surface area (Å²) in [5.41, 5.74) is 1.39. The maximum atomic E-state index is 12.5. The van der Waals surface area contributed by atoms with Gasteiger partial charge in [0.05, 0.1) is 19.8 Å². The van der Waals surface area contributed by atoms with Gasteiger partial charge in [0.15, 0.2) is 5.79 Å². The zero-order valence-corrected chi connectivity index (χ0v) is 15.4. The van der Waals surface area contributed by atoms with Gasteiger partial charge in [-0.1, -0.05) is 30.3 Å². The summed E-state index contributed by atoms with van der Waals surface area (Å²) in [5, 5.41) is 3.21. The lowest BCUT2D eigenvalue weighted by Gasteiger charge is -2.33. The Kier molecular flexibility index (Phi) is 5.43. The molecule has 3 saturated heterocycles. The summed E-state index contributed by atoms with van der Waals surface area (Å²) in [6.07, 6.45) is 3.91. The molecule has 26 heavy (non-hydrogen) atoms. The first-order valence-electron chi connectivity index (χ1n) is 9.82. The Morgan fingerprint density at radius 2 is 1.85 bits per heavy atom. The number of benzene rings is 1. The molecule has 0 aromatic heterocycles. The second kappa shape index (κ2) is 7.94. The second-order valence-corrected chi connectivity index (χ2v) is 7.58. The molecule has 2 amide bonds. The number of carbonyl (C=O) groups excluding carboxylic acids is 1. The minimum absolute atomic E-state index is 0.0312.